The Hall–Kier alpha value is -2.90. The van der Waals surface area contributed by atoms with Crippen LogP contribution in [-0.2, 0) is 30.5 Å². The van der Waals surface area contributed by atoms with E-state index in [-0.39, 0.29) is 0 Å². The Bertz CT molecular complexity index is 890. The van der Waals surface area contributed by atoms with Crippen LogP contribution in [0.3, 0.4) is 0 Å². The first-order chi connectivity index (χ1) is 15.5. The minimum absolute atomic E-state index is 0.759. The first-order valence-electron chi connectivity index (χ1n) is 10.1. The minimum atomic E-state index is -1.08. The smallest absolute Gasteiger partial charge is 0.221 e. The molecule has 0 N–H and O–H groups in total. The van der Waals surface area contributed by atoms with Crippen molar-refractivity contribution < 1.29 is 28.4 Å². The molecule has 0 amide bonds. The monoisotopic (exact) mass is 438 g/mol. The van der Waals surface area contributed by atoms with Gasteiger partial charge in [-0.05, 0) is 48.5 Å². The van der Waals surface area contributed by atoms with Crippen molar-refractivity contribution in [2.75, 3.05) is 42.7 Å². The van der Waals surface area contributed by atoms with Crippen LogP contribution in [0.1, 0.15) is 22.3 Å². The van der Waals surface area contributed by atoms with Gasteiger partial charge in [0.1, 0.15) is 11.5 Å². The van der Waals surface area contributed by atoms with E-state index in [2.05, 4.69) is 0 Å². The fraction of sp³-hybridized carbons (Fsp3) is 0.308. The maximum atomic E-state index is 5.88. The molecule has 6 nitrogen and oxygen atoms in total. The van der Waals surface area contributed by atoms with Crippen molar-refractivity contribution in [3.63, 3.8) is 0 Å². The van der Waals surface area contributed by atoms with Gasteiger partial charge in [-0.15, -0.1) is 0 Å². The molecule has 0 spiro atoms. The molecule has 0 saturated carbocycles. The molecular weight excluding hydrogens is 408 g/mol. The van der Waals surface area contributed by atoms with Gasteiger partial charge in [0.15, 0.2) is 0 Å². The third-order valence-corrected chi connectivity index (χ3v) is 5.73. The number of methoxy groups -OCH3 is 6. The summed E-state index contributed by atoms with van der Waals surface area (Å²) in [5, 5.41) is 0. The van der Waals surface area contributed by atoms with E-state index in [1.54, 1.807) is 42.7 Å². The van der Waals surface area contributed by atoms with Crippen LogP contribution in [0.5, 0.6) is 11.5 Å². The molecule has 0 atom stereocenters. The van der Waals surface area contributed by atoms with Crippen LogP contribution in [0.25, 0.3) is 0 Å². The normalized spacial score (nSPS) is 11.9. The largest absolute Gasteiger partial charge is 0.497 e. The number of ether oxygens (including phenoxy) is 6. The van der Waals surface area contributed by atoms with Crippen molar-refractivity contribution >= 4 is 0 Å². The van der Waals surface area contributed by atoms with Gasteiger partial charge >= 0.3 is 0 Å². The Balaban J connectivity index is 2.03. The first kappa shape index (κ1) is 23.8. The SMILES string of the molecule is COc1ccc(C(OC)(OC)c2ccc(C(OC)(OC)c3ccc(OC)cc3)cc2)cc1. The fourth-order valence-corrected chi connectivity index (χ4v) is 3.97. The van der Waals surface area contributed by atoms with Gasteiger partial charge in [0.05, 0.1) is 14.2 Å². The van der Waals surface area contributed by atoms with Crippen molar-refractivity contribution in [3.05, 3.63) is 95.1 Å². The van der Waals surface area contributed by atoms with Crippen LogP contribution in [0.4, 0.5) is 0 Å². The highest BCUT2D eigenvalue weighted by atomic mass is 16.7. The maximum Gasteiger partial charge on any atom is 0.221 e. The van der Waals surface area contributed by atoms with Crippen LogP contribution < -0.4 is 9.47 Å². The second-order valence-electron chi connectivity index (χ2n) is 7.08. The predicted molar refractivity (Wildman–Crippen MR) is 122 cm³/mol. The zero-order valence-electron chi connectivity index (χ0n) is 19.4. The summed E-state index contributed by atoms with van der Waals surface area (Å²) >= 11 is 0. The quantitative estimate of drug-likeness (QED) is 0.428. The van der Waals surface area contributed by atoms with Gasteiger partial charge in [-0.1, -0.05) is 24.3 Å². The van der Waals surface area contributed by atoms with Crippen LogP contribution in [0.2, 0.25) is 0 Å². The number of hydrogen-bond acceptors (Lipinski definition) is 6. The topological polar surface area (TPSA) is 55.4 Å². The van der Waals surface area contributed by atoms with Crippen LogP contribution in [0, 0.1) is 0 Å². The average molecular weight is 439 g/mol. The summed E-state index contributed by atoms with van der Waals surface area (Å²) < 4.78 is 34.1. The molecule has 3 aromatic rings. The lowest BCUT2D eigenvalue weighted by molar-refractivity contribution is -0.186. The van der Waals surface area contributed by atoms with Crippen molar-refractivity contribution in [1.29, 1.82) is 0 Å². The van der Waals surface area contributed by atoms with E-state index < -0.39 is 11.6 Å². The van der Waals surface area contributed by atoms with E-state index in [1.165, 1.54) is 0 Å². The standard InChI is InChI=1S/C26H30O6/c1-27-23-15-11-21(12-16-23)25(29-3,30-4)19-7-9-20(10-8-19)26(31-5,32-6)22-13-17-24(28-2)18-14-22/h7-18H,1-6H3. The molecule has 0 heterocycles. The number of hydrogen-bond donors (Lipinski definition) is 0. The maximum absolute atomic E-state index is 5.88. The molecule has 0 saturated heterocycles. The molecule has 6 heteroatoms. The zero-order chi connectivity index (χ0) is 23.2. The van der Waals surface area contributed by atoms with Crippen molar-refractivity contribution in [2.24, 2.45) is 0 Å². The molecular formula is C26H30O6. The van der Waals surface area contributed by atoms with E-state index in [0.717, 1.165) is 33.8 Å². The molecule has 0 fully saturated rings. The Morgan fingerprint density at radius 3 is 0.781 bits per heavy atom. The van der Waals surface area contributed by atoms with Crippen molar-refractivity contribution in [3.8, 4) is 11.5 Å². The lowest BCUT2D eigenvalue weighted by atomic mass is 9.92. The van der Waals surface area contributed by atoms with E-state index in [4.69, 9.17) is 28.4 Å². The molecule has 3 aromatic carbocycles. The van der Waals surface area contributed by atoms with E-state index >= 15 is 0 Å². The Kier molecular flexibility index (Phi) is 7.53. The lowest BCUT2D eigenvalue weighted by Gasteiger charge is -2.34. The van der Waals surface area contributed by atoms with Gasteiger partial charge in [-0.2, -0.15) is 0 Å². The molecule has 170 valence electrons. The highest BCUT2D eigenvalue weighted by Gasteiger charge is 2.38. The fourth-order valence-electron chi connectivity index (χ4n) is 3.97. The van der Waals surface area contributed by atoms with Crippen molar-refractivity contribution in [1.82, 2.24) is 0 Å². The molecule has 0 aliphatic rings. The summed E-state index contributed by atoms with van der Waals surface area (Å²) in [6.07, 6.45) is 0. The molecule has 0 aliphatic carbocycles. The summed E-state index contributed by atoms with van der Waals surface area (Å²) in [5.74, 6) is -0.633. The Labute approximate surface area is 189 Å². The summed E-state index contributed by atoms with van der Waals surface area (Å²) in [5.41, 5.74) is 3.34. The minimum Gasteiger partial charge on any atom is -0.497 e. The highest BCUT2D eigenvalue weighted by Crippen LogP contribution is 2.38. The second-order valence-corrected chi connectivity index (χ2v) is 7.08. The van der Waals surface area contributed by atoms with E-state index in [1.807, 2.05) is 72.8 Å². The van der Waals surface area contributed by atoms with Crippen LogP contribution >= 0.6 is 0 Å². The third-order valence-electron chi connectivity index (χ3n) is 5.73. The van der Waals surface area contributed by atoms with E-state index in [9.17, 15) is 0 Å². The molecule has 3 rings (SSSR count). The molecule has 0 radical (unpaired) electrons. The lowest BCUT2D eigenvalue weighted by Crippen LogP contribution is -2.34. The molecule has 32 heavy (non-hydrogen) atoms. The number of rotatable bonds is 10. The number of benzene rings is 3. The second kappa shape index (κ2) is 10.1. The first-order valence-corrected chi connectivity index (χ1v) is 10.1. The molecule has 0 unspecified atom stereocenters. The van der Waals surface area contributed by atoms with Crippen molar-refractivity contribution in [2.45, 2.75) is 11.6 Å². The Morgan fingerprint density at radius 1 is 0.375 bits per heavy atom. The zero-order valence-corrected chi connectivity index (χ0v) is 19.4. The van der Waals surface area contributed by atoms with Gasteiger partial charge < -0.3 is 28.4 Å². The predicted octanol–water partition coefficient (Wildman–Crippen LogP) is 4.69. The van der Waals surface area contributed by atoms with Gasteiger partial charge in [0, 0.05) is 50.7 Å². The average Bonchev–Trinajstić information content (AvgIpc) is 2.87. The van der Waals surface area contributed by atoms with Crippen LogP contribution in [0.15, 0.2) is 72.8 Å². The molecule has 0 aliphatic heterocycles. The summed E-state index contributed by atoms with van der Waals surface area (Å²) in [4.78, 5) is 0. The highest BCUT2D eigenvalue weighted by molar-refractivity contribution is 5.42. The molecule has 0 aromatic heterocycles. The molecule has 0 bridgehead atoms. The van der Waals surface area contributed by atoms with Crippen LogP contribution in [-0.4, -0.2) is 42.7 Å². The summed E-state index contributed by atoms with van der Waals surface area (Å²) in [6, 6.07) is 23.0. The summed E-state index contributed by atoms with van der Waals surface area (Å²) in [6.45, 7) is 0. The van der Waals surface area contributed by atoms with Gasteiger partial charge in [0.2, 0.25) is 11.6 Å². The van der Waals surface area contributed by atoms with Gasteiger partial charge in [-0.25, -0.2) is 0 Å². The summed E-state index contributed by atoms with van der Waals surface area (Å²) in [7, 11) is 9.74. The Morgan fingerprint density at radius 2 is 0.594 bits per heavy atom. The third kappa shape index (κ3) is 4.10. The van der Waals surface area contributed by atoms with Gasteiger partial charge in [-0.3, -0.25) is 0 Å². The van der Waals surface area contributed by atoms with Gasteiger partial charge in [0.25, 0.3) is 0 Å². The van der Waals surface area contributed by atoms with E-state index in [0.29, 0.717) is 0 Å².